The molecule has 1 fully saturated rings. The lowest BCUT2D eigenvalue weighted by Crippen LogP contribution is -2.46. The standard InChI is InChI=1S/C11H17BN5O13P3/c1-16-3-17(8-5(16)9(20)15-11(13)14-8)10-7(19)6(18)4(28-10)2-27-31(12,21)29-33(25,26)30-32(22,23)24/h3-4,6-7,10,18-19H,2H2,1H3,(H5-,13,14,15,20,22,23,24,25,26)/q-1/p+1/t4-,6-,7-,10-,31?/m1/s1. The molecular weight excluding hydrogens is 514 g/mol. The van der Waals surface area contributed by atoms with E-state index in [4.69, 9.17) is 27.8 Å². The molecule has 2 aromatic heterocycles. The monoisotopic (exact) mass is 532 g/mol. The Morgan fingerprint density at radius 3 is 2.52 bits per heavy atom. The van der Waals surface area contributed by atoms with Crippen LogP contribution in [0.1, 0.15) is 6.23 Å². The third-order valence-electron chi connectivity index (χ3n) is 4.25. The van der Waals surface area contributed by atoms with Gasteiger partial charge >= 0.3 is 21.3 Å². The Hall–Kier alpha value is -1.46. The highest BCUT2D eigenvalue weighted by Crippen LogP contribution is 2.66. The number of nitrogen functional groups attached to an aromatic ring is 1. The first-order valence-corrected chi connectivity index (χ1v) is 13.3. The number of rotatable bonds is 8. The van der Waals surface area contributed by atoms with Crippen LogP contribution in [0.5, 0.6) is 0 Å². The molecule has 1 saturated heterocycles. The predicted molar refractivity (Wildman–Crippen MR) is 105 cm³/mol. The van der Waals surface area contributed by atoms with Crippen molar-refractivity contribution in [2.24, 2.45) is 7.05 Å². The number of aliphatic hydroxyl groups excluding tert-OH is 2. The van der Waals surface area contributed by atoms with Crippen molar-refractivity contribution in [2.75, 3.05) is 12.3 Å². The average molecular weight is 532 g/mol. The molecule has 0 spiro atoms. The molecule has 0 amide bonds. The number of ether oxygens (including phenoxy) is 1. The van der Waals surface area contributed by atoms with E-state index in [2.05, 4.69) is 23.1 Å². The van der Waals surface area contributed by atoms with Crippen LogP contribution >= 0.6 is 23.1 Å². The highest BCUT2D eigenvalue weighted by molar-refractivity contribution is 7.84. The van der Waals surface area contributed by atoms with Crippen molar-refractivity contribution in [1.29, 1.82) is 0 Å². The summed E-state index contributed by atoms with van der Waals surface area (Å²) in [5.41, 5.74) is 5.04. The zero-order valence-corrected chi connectivity index (χ0v) is 19.1. The Morgan fingerprint density at radius 1 is 1.27 bits per heavy atom. The lowest BCUT2D eigenvalue weighted by molar-refractivity contribution is -0.745. The van der Waals surface area contributed by atoms with E-state index >= 15 is 0 Å². The molecule has 0 aliphatic carbocycles. The van der Waals surface area contributed by atoms with Crippen LogP contribution in [0.15, 0.2) is 11.1 Å². The second kappa shape index (κ2) is 8.96. The Kier molecular flexibility index (Phi) is 7.10. The summed E-state index contributed by atoms with van der Waals surface area (Å²) in [4.78, 5) is 44.7. The molecular formula is C11H18BN5O13P3. The fraction of sp³-hybridized carbons (Fsp3) is 0.545. The summed E-state index contributed by atoms with van der Waals surface area (Å²) in [6.07, 6.45) is -4.76. The van der Waals surface area contributed by atoms with Crippen molar-refractivity contribution in [2.45, 2.75) is 24.5 Å². The molecule has 3 heterocycles. The summed E-state index contributed by atoms with van der Waals surface area (Å²) >= 11 is 0. The number of anilines is 1. The molecule has 183 valence electrons. The van der Waals surface area contributed by atoms with Gasteiger partial charge in [-0.15, -0.1) is 0 Å². The first kappa shape index (κ1) is 26.2. The number of aliphatic hydroxyl groups is 2. The van der Waals surface area contributed by atoms with E-state index in [1.54, 1.807) is 0 Å². The highest BCUT2D eigenvalue weighted by atomic mass is 31.3. The molecule has 0 bridgehead atoms. The van der Waals surface area contributed by atoms with Crippen LogP contribution in [-0.4, -0.2) is 71.9 Å². The van der Waals surface area contributed by atoms with E-state index < -0.39 is 59.8 Å². The molecule has 0 aromatic carbocycles. The molecule has 1 aliphatic rings. The number of hydrogen-bond acceptors (Lipinski definition) is 12. The van der Waals surface area contributed by atoms with Crippen molar-refractivity contribution in [3.8, 4) is 0 Å². The summed E-state index contributed by atoms with van der Waals surface area (Å²) in [7, 11) is -9.48. The number of phosphoric acid groups is 2. The predicted octanol–water partition coefficient (Wildman–Crippen LogP) is -2.73. The zero-order chi connectivity index (χ0) is 24.9. The zero-order valence-electron chi connectivity index (χ0n) is 16.4. The number of aryl methyl sites for hydroxylation is 1. The Balaban J connectivity index is 1.76. The number of fused-ring (bicyclic) bond motifs is 1. The largest absolute Gasteiger partial charge is 0.485 e. The maximum Gasteiger partial charge on any atom is 0.485 e. The topological polar surface area (TPSA) is 270 Å². The van der Waals surface area contributed by atoms with Gasteiger partial charge in [0.05, 0.1) is 21.1 Å². The molecule has 18 nitrogen and oxygen atoms in total. The quantitative estimate of drug-likeness (QED) is 0.103. The molecule has 2 unspecified atom stereocenters. The number of nitrogens with one attached hydrogen (secondary N) is 1. The molecule has 33 heavy (non-hydrogen) atoms. The maximum atomic E-state index is 12.1. The van der Waals surface area contributed by atoms with Crippen molar-refractivity contribution in [1.82, 2.24) is 14.5 Å². The molecule has 22 heteroatoms. The van der Waals surface area contributed by atoms with Gasteiger partial charge in [0.25, 0.3) is 11.5 Å². The van der Waals surface area contributed by atoms with Crippen LogP contribution in [0.3, 0.4) is 0 Å². The highest BCUT2D eigenvalue weighted by Gasteiger charge is 2.47. The Labute approximate surface area is 184 Å². The van der Waals surface area contributed by atoms with Crippen molar-refractivity contribution >= 4 is 47.8 Å². The van der Waals surface area contributed by atoms with Crippen LogP contribution in [0.25, 0.3) is 11.2 Å². The van der Waals surface area contributed by atoms with E-state index in [9.17, 15) is 33.6 Å². The molecule has 1 aliphatic heterocycles. The third-order valence-corrected chi connectivity index (χ3v) is 8.17. The van der Waals surface area contributed by atoms with Crippen molar-refractivity contribution in [3.05, 3.63) is 16.7 Å². The fourth-order valence-electron chi connectivity index (χ4n) is 3.05. The smallest absolute Gasteiger partial charge is 0.443 e. The fourth-order valence-corrected chi connectivity index (χ4v) is 6.20. The Bertz CT molecular complexity index is 1260. The van der Waals surface area contributed by atoms with Gasteiger partial charge in [-0.25, -0.2) is 18.0 Å². The summed E-state index contributed by atoms with van der Waals surface area (Å²) in [6, 6.07) is 0. The first-order valence-electron chi connectivity index (χ1n) is 8.61. The molecule has 2 aromatic rings. The summed E-state index contributed by atoms with van der Waals surface area (Å²) in [5.74, 6) is -0.229. The number of imidazole rings is 1. The number of H-pyrrole nitrogens is 1. The normalized spacial score (nSPS) is 27.5. The van der Waals surface area contributed by atoms with Crippen molar-refractivity contribution in [3.63, 3.8) is 0 Å². The number of aromatic amines is 1. The van der Waals surface area contributed by atoms with Gasteiger partial charge in [-0.2, -0.15) is 4.31 Å². The van der Waals surface area contributed by atoms with E-state index in [-0.39, 0.29) is 17.1 Å². The number of nitrogens with two attached hydrogens (primary N) is 1. The van der Waals surface area contributed by atoms with E-state index in [1.165, 1.54) is 22.5 Å². The van der Waals surface area contributed by atoms with Gasteiger partial charge in [-0.05, 0) is 0 Å². The van der Waals surface area contributed by atoms with Crippen LogP contribution in [0.2, 0.25) is 0 Å². The molecule has 3 rings (SSSR count). The van der Waals surface area contributed by atoms with Crippen LogP contribution in [0.4, 0.5) is 5.95 Å². The molecule has 0 saturated carbocycles. The SMILES string of the molecule is [B-]P(=O)(OC[C@H]1O[C@@H]([n+]2cn(C)c3c(=O)[nH]c(N)nc32)[C@H](O)[C@@H]1O)OP(=O)(O)OP(=O)(O)O. The van der Waals surface area contributed by atoms with Crippen molar-refractivity contribution < 1.29 is 61.0 Å². The Morgan fingerprint density at radius 2 is 1.91 bits per heavy atom. The second-order valence-corrected chi connectivity index (χ2v) is 11.3. The molecule has 3 radical (unpaired) electrons. The van der Waals surface area contributed by atoms with Crippen LogP contribution < -0.4 is 15.9 Å². The van der Waals surface area contributed by atoms with Gasteiger partial charge in [0.15, 0.2) is 6.33 Å². The van der Waals surface area contributed by atoms with Gasteiger partial charge in [0.2, 0.25) is 11.7 Å². The first-order chi connectivity index (χ1) is 15.0. The van der Waals surface area contributed by atoms with Crippen LogP contribution in [-0.2, 0) is 38.6 Å². The second-order valence-electron chi connectivity index (χ2n) is 6.76. The van der Waals surface area contributed by atoms with Gasteiger partial charge in [-0.3, -0.25) is 14.3 Å². The number of hydrogen-bond donors (Lipinski definition) is 7. The molecule has 8 N–H and O–H groups in total. The minimum absolute atomic E-state index is 0.000188. The van der Waals surface area contributed by atoms with Gasteiger partial charge in [0.1, 0.15) is 18.3 Å². The van der Waals surface area contributed by atoms with Gasteiger partial charge in [-0.1, -0.05) is 4.98 Å². The third kappa shape index (κ3) is 5.97. The maximum absolute atomic E-state index is 12.1. The lowest BCUT2D eigenvalue weighted by atomic mass is 10.1. The number of nitrogens with zero attached hydrogens (tertiary/aromatic N) is 3. The van der Waals surface area contributed by atoms with E-state index in [1.807, 2.05) is 0 Å². The molecule has 6 atom stereocenters. The van der Waals surface area contributed by atoms with E-state index in [0.29, 0.717) is 0 Å². The minimum Gasteiger partial charge on any atom is -0.443 e. The van der Waals surface area contributed by atoms with E-state index in [0.717, 1.165) is 0 Å². The summed E-state index contributed by atoms with van der Waals surface area (Å²) < 4.78 is 54.3. The summed E-state index contributed by atoms with van der Waals surface area (Å²) in [6.45, 7) is -0.875. The summed E-state index contributed by atoms with van der Waals surface area (Å²) in [5, 5.41) is 20.7. The minimum atomic E-state index is -5.61. The number of aromatic nitrogens is 4. The van der Waals surface area contributed by atoms with Gasteiger partial charge < -0.3 is 52.0 Å². The van der Waals surface area contributed by atoms with Crippen LogP contribution in [0, 0.1) is 0 Å². The average Bonchev–Trinajstić information content (AvgIpc) is 3.07. The van der Waals surface area contributed by atoms with Gasteiger partial charge in [0, 0.05) is 0 Å². The lowest BCUT2D eigenvalue weighted by Gasteiger charge is -2.29.